The molecule has 0 amide bonds. The maximum Gasteiger partial charge on any atom is 0.330 e. The number of ether oxygens (including phenoxy) is 2. The van der Waals surface area contributed by atoms with E-state index in [1.165, 1.54) is 7.11 Å². The van der Waals surface area contributed by atoms with Gasteiger partial charge < -0.3 is 14.8 Å². The van der Waals surface area contributed by atoms with Crippen LogP contribution in [0.1, 0.15) is 11.5 Å². The van der Waals surface area contributed by atoms with Crippen LogP contribution in [-0.4, -0.2) is 43.1 Å². The Labute approximate surface area is 127 Å². The summed E-state index contributed by atoms with van der Waals surface area (Å²) in [6, 6.07) is 0. The van der Waals surface area contributed by atoms with Crippen LogP contribution in [0, 0.1) is 0 Å². The Balaban J connectivity index is 2.77. The van der Waals surface area contributed by atoms with Crippen molar-refractivity contribution in [3.05, 3.63) is 16.0 Å². The highest BCUT2D eigenvalue weighted by molar-refractivity contribution is 9.10. The fraction of sp³-hybridized carbons (Fsp3) is 0.636. The highest BCUT2D eigenvalue weighted by Crippen LogP contribution is 2.25. The third kappa shape index (κ3) is 5.04. The van der Waals surface area contributed by atoms with Gasteiger partial charge in [0.05, 0.1) is 16.8 Å². The molecule has 1 rings (SSSR count). The van der Waals surface area contributed by atoms with Crippen molar-refractivity contribution >= 4 is 21.7 Å². The molecule has 0 aliphatic heterocycles. The first kappa shape index (κ1) is 18.1. The van der Waals surface area contributed by atoms with Crippen molar-refractivity contribution in [3.8, 4) is 0 Å². The van der Waals surface area contributed by atoms with Gasteiger partial charge in [0, 0.05) is 14.2 Å². The first-order chi connectivity index (χ1) is 9.81. The van der Waals surface area contributed by atoms with Gasteiger partial charge >= 0.3 is 12.3 Å². The molecule has 0 saturated carbocycles. The summed E-state index contributed by atoms with van der Waals surface area (Å²) in [7, 11) is 3.08. The quantitative estimate of drug-likeness (QED) is 0.708. The molecule has 0 saturated heterocycles. The molecule has 0 bridgehead atoms. The van der Waals surface area contributed by atoms with Crippen molar-refractivity contribution in [1.29, 1.82) is 0 Å². The Morgan fingerprint density at radius 3 is 2.48 bits per heavy atom. The number of hydrogen-bond donors (Lipinski definition) is 1. The Kier molecular flexibility index (Phi) is 6.75. The molecule has 1 N–H and O–H groups in total. The number of methoxy groups -OCH3 is 1. The number of hydrogen-bond acceptors (Lipinski definition) is 5. The van der Waals surface area contributed by atoms with E-state index in [-0.39, 0.29) is 12.4 Å². The summed E-state index contributed by atoms with van der Waals surface area (Å²) in [6.07, 6.45) is -3.78. The Bertz CT molecular complexity index is 477. The van der Waals surface area contributed by atoms with E-state index in [0.29, 0.717) is 16.0 Å². The van der Waals surface area contributed by atoms with Crippen LogP contribution in [0.5, 0.6) is 0 Å². The van der Waals surface area contributed by atoms with E-state index in [1.54, 1.807) is 7.05 Å². The normalized spacial score (nSPS) is 12.0. The Hall–Kier alpha value is -1.00. The van der Waals surface area contributed by atoms with E-state index in [1.807, 2.05) is 0 Å². The predicted octanol–water partition coefficient (Wildman–Crippen LogP) is 2.84. The van der Waals surface area contributed by atoms with Crippen LogP contribution in [-0.2, 0) is 22.7 Å². The van der Waals surface area contributed by atoms with E-state index in [2.05, 4.69) is 36.0 Å². The largest absolute Gasteiger partial charge is 0.378 e. The highest BCUT2D eigenvalue weighted by atomic mass is 79.9. The van der Waals surface area contributed by atoms with E-state index in [9.17, 15) is 17.6 Å². The third-order valence-electron chi connectivity index (χ3n) is 2.33. The second kappa shape index (κ2) is 7.85. The number of alkyl halides is 4. The lowest BCUT2D eigenvalue weighted by Crippen LogP contribution is -2.32. The molecule has 0 aliphatic rings. The van der Waals surface area contributed by atoms with Gasteiger partial charge in [0.2, 0.25) is 0 Å². The molecular weight excluding hydrogens is 362 g/mol. The van der Waals surface area contributed by atoms with E-state index < -0.39 is 25.6 Å². The Morgan fingerprint density at radius 1 is 1.29 bits per heavy atom. The minimum atomic E-state index is -4.20. The van der Waals surface area contributed by atoms with Crippen molar-refractivity contribution in [2.75, 3.05) is 26.1 Å². The maximum absolute atomic E-state index is 12.7. The van der Waals surface area contributed by atoms with Gasteiger partial charge in [-0.3, -0.25) is 0 Å². The fourth-order valence-corrected chi connectivity index (χ4v) is 1.84. The zero-order valence-electron chi connectivity index (χ0n) is 11.3. The topological polar surface area (TPSA) is 56.3 Å². The van der Waals surface area contributed by atoms with E-state index in [0.717, 1.165) is 0 Å². The SMILES string of the molecule is CNc1nc(COCC(F)(F)C(F)F)nc(COC)c1Br. The Morgan fingerprint density at radius 2 is 1.95 bits per heavy atom. The van der Waals surface area contributed by atoms with Gasteiger partial charge in [0.25, 0.3) is 0 Å². The molecule has 5 nitrogen and oxygen atoms in total. The zero-order chi connectivity index (χ0) is 16.0. The number of nitrogens with zero attached hydrogens (tertiary/aromatic N) is 2. The van der Waals surface area contributed by atoms with Gasteiger partial charge in [-0.2, -0.15) is 8.78 Å². The number of halogens is 5. The van der Waals surface area contributed by atoms with Gasteiger partial charge in [0.1, 0.15) is 19.0 Å². The van der Waals surface area contributed by atoms with Crippen LogP contribution in [0.4, 0.5) is 23.4 Å². The molecular formula is C11H14BrF4N3O2. The van der Waals surface area contributed by atoms with Gasteiger partial charge in [-0.25, -0.2) is 18.7 Å². The van der Waals surface area contributed by atoms with Crippen LogP contribution < -0.4 is 5.32 Å². The predicted molar refractivity (Wildman–Crippen MR) is 70.6 cm³/mol. The van der Waals surface area contributed by atoms with Crippen molar-refractivity contribution in [3.63, 3.8) is 0 Å². The molecule has 1 heterocycles. The molecule has 0 aliphatic carbocycles. The van der Waals surface area contributed by atoms with Crippen LogP contribution in [0.15, 0.2) is 4.47 Å². The molecule has 0 radical (unpaired) electrons. The molecule has 1 aromatic heterocycles. The van der Waals surface area contributed by atoms with Gasteiger partial charge in [-0.15, -0.1) is 0 Å². The number of aromatic nitrogens is 2. The summed E-state index contributed by atoms with van der Waals surface area (Å²) in [5.41, 5.74) is 0.482. The van der Waals surface area contributed by atoms with Gasteiger partial charge in [-0.05, 0) is 15.9 Å². The highest BCUT2D eigenvalue weighted by Gasteiger charge is 2.41. The van der Waals surface area contributed by atoms with Crippen LogP contribution in [0.3, 0.4) is 0 Å². The molecule has 0 atom stereocenters. The summed E-state index contributed by atoms with van der Waals surface area (Å²) in [5.74, 6) is -3.70. The number of rotatable bonds is 8. The van der Waals surface area contributed by atoms with E-state index in [4.69, 9.17) is 4.74 Å². The summed E-state index contributed by atoms with van der Waals surface area (Å²) in [4.78, 5) is 8.07. The first-order valence-electron chi connectivity index (χ1n) is 5.77. The van der Waals surface area contributed by atoms with Gasteiger partial charge in [-0.1, -0.05) is 0 Å². The van der Waals surface area contributed by atoms with Crippen molar-refractivity contribution in [2.45, 2.75) is 25.6 Å². The standard InChI is InChI=1S/C11H14BrF4N3O2/c1-17-9-8(12)6(3-20-2)18-7(19-9)4-21-5-11(15,16)10(13)14/h10H,3-5H2,1-2H3,(H,17,18,19). The maximum atomic E-state index is 12.7. The van der Waals surface area contributed by atoms with Crippen LogP contribution >= 0.6 is 15.9 Å². The van der Waals surface area contributed by atoms with Gasteiger partial charge in [0.15, 0.2) is 5.82 Å². The molecule has 0 spiro atoms. The van der Waals surface area contributed by atoms with Crippen LogP contribution in [0.2, 0.25) is 0 Å². The van der Waals surface area contributed by atoms with Crippen molar-refractivity contribution < 1.29 is 27.0 Å². The first-order valence-corrected chi connectivity index (χ1v) is 6.56. The average molecular weight is 376 g/mol. The average Bonchev–Trinajstić information content (AvgIpc) is 2.42. The smallest absolute Gasteiger partial charge is 0.330 e. The second-order valence-corrected chi connectivity index (χ2v) is 4.78. The molecule has 0 unspecified atom stereocenters. The third-order valence-corrected chi connectivity index (χ3v) is 3.16. The monoisotopic (exact) mass is 375 g/mol. The number of anilines is 1. The second-order valence-electron chi connectivity index (χ2n) is 3.99. The molecule has 10 heteroatoms. The molecule has 21 heavy (non-hydrogen) atoms. The molecule has 0 fully saturated rings. The van der Waals surface area contributed by atoms with Crippen LogP contribution in [0.25, 0.3) is 0 Å². The lowest BCUT2D eigenvalue weighted by molar-refractivity contribution is -0.168. The summed E-state index contributed by atoms with van der Waals surface area (Å²) < 4.78 is 59.5. The van der Waals surface area contributed by atoms with Crippen molar-refractivity contribution in [2.24, 2.45) is 0 Å². The lowest BCUT2D eigenvalue weighted by atomic mass is 10.3. The minimum absolute atomic E-state index is 0.0830. The van der Waals surface area contributed by atoms with E-state index >= 15 is 0 Å². The summed E-state index contributed by atoms with van der Waals surface area (Å²) in [6.45, 7) is -1.66. The fourth-order valence-electron chi connectivity index (χ4n) is 1.35. The lowest BCUT2D eigenvalue weighted by Gasteiger charge is -2.15. The number of nitrogens with one attached hydrogen (secondary N) is 1. The van der Waals surface area contributed by atoms with Crippen molar-refractivity contribution in [1.82, 2.24) is 9.97 Å². The molecule has 1 aromatic rings. The minimum Gasteiger partial charge on any atom is -0.378 e. The molecule has 0 aromatic carbocycles. The zero-order valence-corrected chi connectivity index (χ0v) is 12.9. The summed E-state index contributed by atoms with van der Waals surface area (Å²) in [5, 5.41) is 2.78. The molecule has 120 valence electrons. The summed E-state index contributed by atoms with van der Waals surface area (Å²) >= 11 is 3.27.